The molecule has 0 saturated carbocycles. The zero-order valence-corrected chi connectivity index (χ0v) is 60.2. The number of aliphatic hydroxyl groups is 3. The van der Waals surface area contributed by atoms with Crippen LogP contribution in [0.2, 0.25) is 0 Å². The van der Waals surface area contributed by atoms with Gasteiger partial charge >= 0.3 is 53.0 Å². The molecule has 0 bridgehead atoms. The summed E-state index contributed by atoms with van der Waals surface area (Å²) in [5.41, 5.74) is -16.4. The third-order valence-electron chi connectivity index (χ3n) is 19.1. The van der Waals surface area contributed by atoms with Crippen LogP contribution in [0.3, 0.4) is 0 Å². The van der Waals surface area contributed by atoms with Crippen molar-refractivity contribution in [3.8, 4) is 166 Å². The average Bonchev–Trinajstić information content (AvgIpc) is 0.824. The number of phenolic OH excluding ortho intramolecular Hbond substituents is 23. The SMILES string of the molecule is O=C(OC1C(OC(=O)c2cc(O)c(O)c(O)c2Oc2cc3c(=O)oc4c(O)c(O)cc5c(=O)oc(c2O)c3c45)OC2COC(=O)c3cc(O)c(O)c(O)c3-c3c(cc(Oc4c(C(=O)OC5C(O)OC(CO)C(O)C5OC(=O)c5cc(O)c(O)c(O)c5)cc(O)c(O)c4O)c(O)c3O)C(=O)OC2C1OC(=O)c1cc(O)c(O)c(O)c1)c1cc(O)c(O)c(O)c1. The molecule has 14 rings (SSSR count). The van der Waals surface area contributed by atoms with E-state index in [1.807, 2.05) is 0 Å². The molecule has 2 fully saturated rings. The third kappa shape index (κ3) is 14.0. The molecule has 48 nitrogen and oxygen atoms in total. The molecule has 11 aromatic rings. The minimum absolute atomic E-state index is 0.139. The Balaban J connectivity index is 0.909. The fourth-order valence-corrected chi connectivity index (χ4v) is 13.2. The van der Waals surface area contributed by atoms with Crippen LogP contribution < -0.4 is 20.7 Å². The van der Waals surface area contributed by atoms with Crippen LogP contribution >= 0.6 is 0 Å². The molecule has 0 spiro atoms. The van der Waals surface area contributed by atoms with Gasteiger partial charge in [0.15, 0.2) is 151 Å². The lowest BCUT2D eigenvalue weighted by molar-refractivity contribution is -0.285. The first kappa shape index (κ1) is 82.5. The smallest absolute Gasteiger partial charge is 0.344 e. The normalized spacial score (nSPS) is 19.4. The first-order chi connectivity index (χ1) is 58.0. The number of benzene rings is 9. The minimum atomic E-state index is -3.09. The van der Waals surface area contributed by atoms with Crippen molar-refractivity contribution in [2.24, 2.45) is 0 Å². The Kier molecular flexibility index (Phi) is 20.5. The number of phenols is 23. The molecule has 2 aromatic heterocycles. The molecule has 26 N–H and O–H groups in total. The van der Waals surface area contributed by atoms with E-state index in [0.717, 1.165) is 0 Å². The molecule has 3 aliphatic heterocycles. The van der Waals surface area contributed by atoms with Crippen LogP contribution in [-0.2, 0) is 42.6 Å². The van der Waals surface area contributed by atoms with Crippen LogP contribution in [-0.4, -0.2) is 249 Å². The second kappa shape index (κ2) is 30.5. The number of fused-ring (bicyclic) bond motifs is 4. The molecule has 640 valence electrons. The van der Waals surface area contributed by atoms with Gasteiger partial charge < -0.3 is 194 Å². The molecular formula is C75H52O48. The number of aliphatic hydroxyl groups excluding tert-OH is 3. The predicted molar refractivity (Wildman–Crippen MR) is 384 cm³/mol. The van der Waals surface area contributed by atoms with Gasteiger partial charge in [-0.2, -0.15) is 0 Å². The van der Waals surface area contributed by atoms with E-state index in [1.54, 1.807) is 0 Å². The van der Waals surface area contributed by atoms with Gasteiger partial charge in [-0.15, -0.1) is 0 Å². The monoisotopic (exact) mass is 1720 g/mol. The van der Waals surface area contributed by atoms with Crippen molar-refractivity contribution >= 4 is 74.5 Å². The van der Waals surface area contributed by atoms with Crippen molar-refractivity contribution < 1.29 is 227 Å². The van der Waals surface area contributed by atoms with E-state index < -0.39 is 366 Å². The summed E-state index contributed by atoms with van der Waals surface area (Å²) in [6, 6.07) is 4.52. The van der Waals surface area contributed by atoms with Crippen LogP contribution in [0.25, 0.3) is 43.8 Å². The van der Waals surface area contributed by atoms with Gasteiger partial charge in [0.25, 0.3) is 0 Å². The maximum Gasteiger partial charge on any atom is 0.344 e. The molecule has 3 aliphatic rings. The second-order valence-electron chi connectivity index (χ2n) is 26.6. The second-order valence-corrected chi connectivity index (χ2v) is 26.6. The van der Waals surface area contributed by atoms with Crippen molar-refractivity contribution in [2.75, 3.05) is 13.2 Å². The molecule has 9 aromatic carbocycles. The van der Waals surface area contributed by atoms with Crippen LogP contribution in [0.15, 0.2) is 91.2 Å². The van der Waals surface area contributed by atoms with Crippen LogP contribution in [0, 0.1) is 0 Å². The zero-order chi connectivity index (χ0) is 89.3. The Morgan fingerprint density at radius 3 is 1.24 bits per heavy atom. The molecular weight excluding hydrogens is 1670 g/mol. The summed E-state index contributed by atoms with van der Waals surface area (Å²) in [6.07, 6.45) is -26.7. The van der Waals surface area contributed by atoms with E-state index in [2.05, 4.69) is 0 Å². The van der Waals surface area contributed by atoms with Crippen LogP contribution in [0.5, 0.6) is 155 Å². The molecule has 0 aliphatic carbocycles. The summed E-state index contributed by atoms with van der Waals surface area (Å²) in [5, 5.41) is 281. The van der Waals surface area contributed by atoms with E-state index >= 15 is 9.59 Å². The molecule has 10 unspecified atom stereocenters. The maximum absolute atomic E-state index is 15.8. The van der Waals surface area contributed by atoms with Gasteiger partial charge in [-0.25, -0.2) is 43.2 Å². The number of rotatable bonds is 15. The van der Waals surface area contributed by atoms with E-state index in [4.69, 9.17) is 60.9 Å². The van der Waals surface area contributed by atoms with Gasteiger partial charge in [-0.1, -0.05) is 0 Å². The summed E-state index contributed by atoms with van der Waals surface area (Å²) in [4.78, 5) is 131. The molecule has 2 saturated heterocycles. The van der Waals surface area contributed by atoms with Gasteiger partial charge in [0, 0.05) is 46.2 Å². The van der Waals surface area contributed by atoms with E-state index in [1.165, 1.54) is 0 Å². The molecule has 123 heavy (non-hydrogen) atoms. The lowest BCUT2D eigenvalue weighted by Crippen LogP contribution is -2.63. The molecule has 0 radical (unpaired) electrons. The quantitative estimate of drug-likeness (QED) is 0.0230. The summed E-state index contributed by atoms with van der Waals surface area (Å²) in [7, 11) is 0. The Hall–Kier alpha value is -17.0. The predicted octanol–water partition coefficient (Wildman–Crippen LogP) is 2.52. The number of aromatic hydroxyl groups is 23. The fraction of sp³-hybridized carbons (Fsp3) is 0.160. The van der Waals surface area contributed by atoms with Crippen molar-refractivity contribution in [3.05, 3.63) is 133 Å². The summed E-state index contributed by atoms with van der Waals surface area (Å²) < 4.78 is 72.4. The number of hydrogen-bond donors (Lipinski definition) is 26. The van der Waals surface area contributed by atoms with E-state index in [0.29, 0.717) is 48.5 Å². The molecule has 48 heteroatoms. The summed E-state index contributed by atoms with van der Waals surface area (Å²) >= 11 is 0. The van der Waals surface area contributed by atoms with Crippen molar-refractivity contribution in [2.45, 2.75) is 61.4 Å². The van der Waals surface area contributed by atoms with Crippen LogP contribution in [0.1, 0.15) is 72.5 Å². The topological polar surface area (TPSA) is 807 Å². The van der Waals surface area contributed by atoms with E-state index in [9.17, 15) is 166 Å². The number of cyclic esters (lactones) is 1. The Labute approximate surface area is 673 Å². The van der Waals surface area contributed by atoms with Crippen molar-refractivity contribution in [1.82, 2.24) is 0 Å². The highest BCUT2D eigenvalue weighted by atomic mass is 16.8. The number of hydrogen-bond acceptors (Lipinski definition) is 48. The fourth-order valence-electron chi connectivity index (χ4n) is 13.2. The number of ether oxygens (including phenoxy) is 11. The highest BCUT2D eigenvalue weighted by molar-refractivity contribution is 6.22. The minimum Gasteiger partial charge on any atom is -0.504 e. The zero-order valence-electron chi connectivity index (χ0n) is 60.2. The number of esters is 7. The largest absolute Gasteiger partial charge is 0.504 e. The third-order valence-corrected chi connectivity index (χ3v) is 19.1. The Morgan fingerprint density at radius 1 is 0.366 bits per heavy atom. The van der Waals surface area contributed by atoms with Gasteiger partial charge in [0.05, 0.1) is 45.2 Å². The molecule has 10 atom stereocenters. The highest BCUT2D eigenvalue weighted by Crippen LogP contribution is 2.58. The first-order valence-electron chi connectivity index (χ1n) is 34.2. The highest BCUT2D eigenvalue weighted by Gasteiger charge is 2.57. The van der Waals surface area contributed by atoms with Gasteiger partial charge in [0.2, 0.25) is 58.4 Å². The Morgan fingerprint density at radius 2 is 0.756 bits per heavy atom. The first-order valence-corrected chi connectivity index (χ1v) is 34.2. The molecule has 0 amide bonds. The summed E-state index contributed by atoms with van der Waals surface area (Å²) in [6.45, 7) is -2.85. The maximum atomic E-state index is 15.8. The molecule has 5 heterocycles. The number of carbonyl (C=O) groups excluding carboxylic acids is 7. The standard InChI is InChI=1S/C75H52O48/c76-13-36-51(96)61(119-65(101)15-1-24(77)42(87)25(78)2-15)63(74(110)114-36)121-72(108)22-9-31(84)46(91)54(99)56(22)112-34-11-20-39(53(98)49(34)94)38-18(7-30(83)45(90)52(38)97)68(104)111-14-37-58(116-70(20)106)62(120-66(102)16-3-26(79)43(88)27(80)4-16)64(122-67(103)17-5-28(81)44(89)29(82)6-17)75(115-37)123-73(109)23-10-32(85)47(92)55(100)57(23)113-35-12-21-41-40-19(69(105)118-60(41)50(35)95)8-33(86)48(93)59(40)117-71(21)107/h1-12,36-37,51,58,61-64,74-100,110H,13-14H2. The van der Waals surface area contributed by atoms with Gasteiger partial charge in [-0.3, -0.25) is 0 Å². The van der Waals surface area contributed by atoms with Crippen LogP contribution in [0.4, 0.5) is 0 Å². The Bertz CT molecular complexity index is 6450. The average molecular weight is 1720 g/mol. The van der Waals surface area contributed by atoms with E-state index in [-0.39, 0.29) is 24.3 Å². The van der Waals surface area contributed by atoms with Crippen molar-refractivity contribution in [3.63, 3.8) is 0 Å². The lowest BCUT2D eigenvalue weighted by Gasteiger charge is -2.43. The van der Waals surface area contributed by atoms with Gasteiger partial charge in [0.1, 0.15) is 36.0 Å². The number of carbonyl (C=O) groups is 7. The van der Waals surface area contributed by atoms with Crippen molar-refractivity contribution in [1.29, 1.82) is 0 Å². The lowest BCUT2D eigenvalue weighted by atomic mass is 9.91. The van der Waals surface area contributed by atoms with Gasteiger partial charge in [-0.05, 0) is 48.5 Å². The summed E-state index contributed by atoms with van der Waals surface area (Å²) in [5.74, 6) is -53.1.